The first kappa shape index (κ1) is 11.4. The van der Waals surface area contributed by atoms with Crippen LogP contribution in [0.25, 0.3) is 0 Å². The molecule has 0 aliphatic heterocycles. The average molecular weight is 168 g/mol. The Morgan fingerprint density at radius 3 is 2.67 bits per heavy atom. The van der Waals surface area contributed by atoms with Crippen LogP contribution in [0.15, 0.2) is 23.8 Å². The van der Waals surface area contributed by atoms with E-state index >= 15 is 0 Å². The van der Waals surface area contributed by atoms with Crippen molar-refractivity contribution in [3.8, 4) is 0 Å². The summed E-state index contributed by atoms with van der Waals surface area (Å²) in [5.74, 6) is 0. The molecule has 0 saturated carbocycles. The van der Waals surface area contributed by atoms with Gasteiger partial charge in [0.05, 0.1) is 6.61 Å². The van der Waals surface area contributed by atoms with Crippen molar-refractivity contribution in [2.75, 3.05) is 6.61 Å². The predicted octanol–water partition coefficient (Wildman–Crippen LogP) is 3.06. The highest BCUT2D eigenvalue weighted by molar-refractivity contribution is 5.15. The van der Waals surface area contributed by atoms with Crippen LogP contribution in [0.4, 0.5) is 0 Å². The van der Waals surface area contributed by atoms with Crippen LogP contribution in [-0.2, 0) is 0 Å². The van der Waals surface area contributed by atoms with Crippen LogP contribution in [0.2, 0.25) is 0 Å². The van der Waals surface area contributed by atoms with Crippen molar-refractivity contribution in [3.63, 3.8) is 0 Å². The number of aliphatic hydroxyl groups excluding tert-OH is 1. The molecule has 0 atom stereocenters. The maximum absolute atomic E-state index is 8.57. The Labute approximate surface area is 75.8 Å². The summed E-state index contributed by atoms with van der Waals surface area (Å²) in [6.07, 6.45) is 11.1. The Balaban J connectivity index is 3.41. The highest BCUT2D eigenvalue weighted by Crippen LogP contribution is 2.02. The van der Waals surface area contributed by atoms with Gasteiger partial charge in [0.2, 0.25) is 0 Å². The van der Waals surface area contributed by atoms with Gasteiger partial charge in [0.1, 0.15) is 0 Å². The highest BCUT2D eigenvalue weighted by atomic mass is 16.2. The molecule has 0 amide bonds. The molecule has 0 fully saturated rings. The zero-order chi connectivity index (χ0) is 9.23. The summed E-state index contributed by atoms with van der Waals surface area (Å²) in [5.41, 5.74) is 1.15. The molecule has 70 valence electrons. The molecule has 0 radical (unpaired) electrons. The van der Waals surface area contributed by atoms with Crippen molar-refractivity contribution in [1.29, 1.82) is 0 Å². The Kier molecular flexibility index (Phi) is 8.14. The molecule has 1 N–H and O–H groups in total. The summed E-state index contributed by atoms with van der Waals surface area (Å²) in [6, 6.07) is 0. The lowest BCUT2D eigenvalue weighted by molar-refractivity contribution is 0.342. The fourth-order valence-electron chi connectivity index (χ4n) is 0.993. The van der Waals surface area contributed by atoms with E-state index in [0.717, 1.165) is 12.0 Å². The second-order valence-electron chi connectivity index (χ2n) is 3.03. The van der Waals surface area contributed by atoms with Crippen molar-refractivity contribution in [2.45, 2.75) is 39.5 Å². The quantitative estimate of drug-likeness (QED) is 0.477. The minimum atomic E-state index is 0.144. The van der Waals surface area contributed by atoms with Gasteiger partial charge in [0, 0.05) is 0 Å². The summed E-state index contributed by atoms with van der Waals surface area (Å²) in [4.78, 5) is 0. The fraction of sp³-hybridized carbons (Fsp3) is 0.636. The van der Waals surface area contributed by atoms with Crippen LogP contribution in [-0.4, -0.2) is 11.7 Å². The van der Waals surface area contributed by atoms with Gasteiger partial charge in [-0.1, -0.05) is 43.6 Å². The molecule has 0 aromatic heterocycles. The first-order valence-electron chi connectivity index (χ1n) is 4.75. The summed E-state index contributed by atoms with van der Waals surface area (Å²) >= 11 is 0. The van der Waals surface area contributed by atoms with Gasteiger partial charge in [0.25, 0.3) is 0 Å². The molecule has 0 aliphatic carbocycles. The number of unbranched alkanes of at least 4 members (excludes halogenated alkanes) is 3. The first-order valence-corrected chi connectivity index (χ1v) is 4.75. The largest absolute Gasteiger partial charge is 0.392 e. The van der Waals surface area contributed by atoms with E-state index in [0.29, 0.717) is 0 Å². The Bertz CT molecular complexity index is 145. The lowest BCUT2D eigenvalue weighted by Gasteiger charge is -1.92. The zero-order valence-corrected chi connectivity index (χ0v) is 8.21. The summed E-state index contributed by atoms with van der Waals surface area (Å²) in [5, 5.41) is 8.57. The maximum Gasteiger partial charge on any atom is 0.0617 e. The minimum absolute atomic E-state index is 0.144. The van der Waals surface area contributed by atoms with Crippen LogP contribution in [0.1, 0.15) is 39.5 Å². The minimum Gasteiger partial charge on any atom is -0.392 e. The molecule has 0 aliphatic rings. The smallest absolute Gasteiger partial charge is 0.0617 e. The highest BCUT2D eigenvalue weighted by Gasteiger charge is 1.82. The molecule has 0 rings (SSSR count). The van der Waals surface area contributed by atoms with E-state index in [9.17, 15) is 0 Å². The molecule has 12 heavy (non-hydrogen) atoms. The van der Waals surface area contributed by atoms with Gasteiger partial charge < -0.3 is 5.11 Å². The Hall–Kier alpha value is -0.560. The third-order valence-corrected chi connectivity index (χ3v) is 1.77. The van der Waals surface area contributed by atoms with Crippen molar-refractivity contribution in [2.24, 2.45) is 0 Å². The number of hydrogen-bond donors (Lipinski definition) is 1. The van der Waals surface area contributed by atoms with Crippen molar-refractivity contribution in [1.82, 2.24) is 0 Å². The third-order valence-electron chi connectivity index (χ3n) is 1.77. The molecule has 0 aromatic rings. The number of rotatable bonds is 6. The second kappa shape index (κ2) is 8.54. The van der Waals surface area contributed by atoms with Crippen LogP contribution in [0, 0.1) is 0 Å². The molecular formula is C11H20O. The van der Waals surface area contributed by atoms with Crippen molar-refractivity contribution in [3.05, 3.63) is 23.8 Å². The van der Waals surface area contributed by atoms with Gasteiger partial charge in [-0.05, 0) is 19.8 Å². The number of hydrogen-bond acceptors (Lipinski definition) is 1. The van der Waals surface area contributed by atoms with Crippen molar-refractivity contribution < 1.29 is 5.11 Å². The summed E-state index contributed by atoms with van der Waals surface area (Å²) in [6.45, 7) is 4.36. The number of aliphatic hydroxyl groups is 1. The molecule has 0 bridgehead atoms. The van der Waals surface area contributed by atoms with Crippen LogP contribution in [0.3, 0.4) is 0 Å². The van der Waals surface area contributed by atoms with Gasteiger partial charge in [-0.2, -0.15) is 0 Å². The third kappa shape index (κ3) is 7.55. The Morgan fingerprint density at radius 2 is 2.08 bits per heavy atom. The van der Waals surface area contributed by atoms with Crippen molar-refractivity contribution >= 4 is 0 Å². The normalized spacial score (nSPS) is 12.8. The topological polar surface area (TPSA) is 20.2 Å². The molecule has 1 nitrogen and oxygen atoms in total. The van der Waals surface area contributed by atoms with Gasteiger partial charge in [0.15, 0.2) is 0 Å². The van der Waals surface area contributed by atoms with E-state index in [4.69, 9.17) is 5.11 Å². The lowest BCUT2D eigenvalue weighted by Crippen LogP contribution is -1.76. The Morgan fingerprint density at radius 1 is 1.33 bits per heavy atom. The average Bonchev–Trinajstić information content (AvgIpc) is 2.05. The molecule has 0 unspecified atom stereocenters. The molecule has 1 heteroatoms. The molecule has 0 saturated heterocycles. The van der Waals surface area contributed by atoms with E-state index in [1.54, 1.807) is 0 Å². The SMILES string of the molecule is CCCCCC=CC(C)=CCO. The molecule has 0 aromatic carbocycles. The van der Waals surface area contributed by atoms with E-state index in [1.165, 1.54) is 19.3 Å². The first-order chi connectivity index (χ1) is 5.81. The summed E-state index contributed by atoms with van der Waals surface area (Å²) < 4.78 is 0. The fourth-order valence-corrected chi connectivity index (χ4v) is 0.993. The van der Waals surface area contributed by atoms with Crippen LogP contribution < -0.4 is 0 Å². The zero-order valence-electron chi connectivity index (χ0n) is 8.21. The molecule has 0 heterocycles. The molecular weight excluding hydrogens is 148 g/mol. The lowest BCUT2D eigenvalue weighted by atomic mass is 10.2. The maximum atomic E-state index is 8.57. The van der Waals surface area contributed by atoms with Crippen LogP contribution in [0.5, 0.6) is 0 Å². The predicted molar refractivity (Wildman–Crippen MR) is 54.1 cm³/mol. The second-order valence-corrected chi connectivity index (χ2v) is 3.03. The van der Waals surface area contributed by atoms with E-state index in [1.807, 2.05) is 13.0 Å². The van der Waals surface area contributed by atoms with Gasteiger partial charge in [-0.25, -0.2) is 0 Å². The van der Waals surface area contributed by atoms with Gasteiger partial charge in [-0.15, -0.1) is 0 Å². The van der Waals surface area contributed by atoms with E-state index in [-0.39, 0.29) is 6.61 Å². The molecule has 0 spiro atoms. The van der Waals surface area contributed by atoms with Crippen LogP contribution >= 0.6 is 0 Å². The van der Waals surface area contributed by atoms with Gasteiger partial charge in [-0.3, -0.25) is 0 Å². The van der Waals surface area contributed by atoms with Gasteiger partial charge >= 0.3 is 0 Å². The monoisotopic (exact) mass is 168 g/mol. The standard InChI is InChI=1S/C11H20O/c1-3-4-5-6-7-8-11(2)9-10-12/h7-9,12H,3-6,10H2,1-2H3. The van der Waals surface area contributed by atoms with E-state index in [2.05, 4.69) is 19.1 Å². The summed E-state index contributed by atoms with van der Waals surface area (Å²) in [7, 11) is 0. The van der Waals surface area contributed by atoms with E-state index < -0.39 is 0 Å². The number of allylic oxidation sites excluding steroid dienone is 3.